The summed E-state index contributed by atoms with van der Waals surface area (Å²) in [7, 11) is 1.96. The van der Waals surface area contributed by atoms with Crippen LogP contribution in [-0.2, 0) is 6.42 Å². The normalized spacial score (nSPS) is 12.2. The van der Waals surface area contributed by atoms with E-state index in [4.69, 9.17) is 4.74 Å². The summed E-state index contributed by atoms with van der Waals surface area (Å²) >= 11 is 0. The van der Waals surface area contributed by atoms with Crippen LogP contribution in [0.2, 0.25) is 0 Å². The Morgan fingerprint density at radius 2 is 1.85 bits per heavy atom. The molecule has 0 aliphatic rings. The Morgan fingerprint density at radius 3 is 2.45 bits per heavy atom. The molecular formula is C17H22N2O. The topological polar surface area (TPSA) is 34.1 Å². The molecule has 106 valence electrons. The molecule has 0 aliphatic carbocycles. The fraction of sp³-hybridized carbons (Fsp3) is 0.353. The van der Waals surface area contributed by atoms with E-state index in [9.17, 15) is 0 Å². The minimum atomic E-state index is 0.344. The third kappa shape index (κ3) is 3.36. The average Bonchev–Trinajstić information content (AvgIpc) is 2.49. The monoisotopic (exact) mass is 270 g/mol. The van der Waals surface area contributed by atoms with Gasteiger partial charge in [-0.25, -0.2) is 0 Å². The predicted octanol–water partition coefficient (Wildman–Crippen LogP) is 4.03. The Morgan fingerprint density at radius 1 is 1.15 bits per heavy atom. The van der Waals surface area contributed by atoms with Crippen LogP contribution in [0.5, 0.6) is 11.5 Å². The van der Waals surface area contributed by atoms with Gasteiger partial charge in [-0.2, -0.15) is 0 Å². The molecule has 0 spiro atoms. The number of pyridine rings is 1. The molecular weight excluding hydrogens is 248 g/mol. The van der Waals surface area contributed by atoms with Crippen LogP contribution in [0.15, 0.2) is 36.4 Å². The first-order valence-electron chi connectivity index (χ1n) is 7.05. The molecule has 1 aromatic carbocycles. The fourth-order valence-electron chi connectivity index (χ4n) is 2.06. The van der Waals surface area contributed by atoms with Crippen molar-refractivity contribution < 1.29 is 4.74 Å². The molecule has 1 N–H and O–H groups in total. The van der Waals surface area contributed by atoms with E-state index in [0.717, 1.165) is 29.3 Å². The lowest BCUT2D eigenvalue weighted by Gasteiger charge is -2.13. The van der Waals surface area contributed by atoms with Gasteiger partial charge in [0.15, 0.2) is 0 Å². The van der Waals surface area contributed by atoms with Crippen molar-refractivity contribution in [1.29, 1.82) is 0 Å². The number of benzene rings is 1. The molecule has 0 fully saturated rings. The van der Waals surface area contributed by atoms with Gasteiger partial charge in [0.05, 0.1) is 5.69 Å². The second-order valence-electron chi connectivity index (χ2n) is 4.93. The molecule has 1 unspecified atom stereocenters. The molecule has 0 radical (unpaired) electrons. The van der Waals surface area contributed by atoms with Gasteiger partial charge in [0.25, 0.3) is 0 Å². The van der Waals surface area contributed by atoms with Gasteiger partial charge in [-0.3, -0.25) is 4.98 Å². The van der Waals surface area contributed by atoms with Crippen LogP contribution in [0.1, 0.15) is 36.8 Å². The van der Waals surface area contributed by atoms with E-state index in [2.05, 4.69) is 36.3 Å². The zero-order chi connectivity index (χ0) is 14.5. The van der Waals surface area contributed by atoms with Crippen molar-refractivity contribution in [3.05, 3.63) is 53.3 Å². The fourth-order valence-corrected chi connectivity index (χ4v) is 2.06. The number of aromatic nitrogens is 1. The summed E-state index contributed by atoms with van der Waals surface area (Å²) in [5.74, 6) is 1.69. The maximum atomic E-state index is 5.94. The van der Waals surface area contributed by atoms with Gasteiger partial charge in [-0.05, 0) is 57.1 Å². The average molecular weight is 270 g/mol. The van der Waals surface area contributed by atoms with Crippen molar-refractivity contribution in [3.63, 3.8) is 0 Å². The Bertz CT molecular complexity index is 564. The zero-order valence-corrected chi connectivity index (χ0v) is 12.6. The lowest BCUT2D eigenvalue weighted by molar-refractivity contribution is 0.472. The third-order valence-corrected chi connectivity index (χ3v) is 3.45. The van der Waals surface area contributed by atoms with Gasteiger partial charge in [0.2, 0.25) is 0 Å². The SMILES string of the molecule is CCc1nc(C)ccc1Oc1ccc(C(C)NC)cc1. The summed E-state index contributed by atoms with van der Waals surface area (Å²) in [6.07, 6.45) is 0.867. The number of rotatable bonds is 5. The predicted molar refractivity (Wildman–Crippen MR) is 82.3 cm³/mol. The number of nitrogens with zero attached hydrogens (tertiary/aromatic N) is 1. The molecule has 2 rings (SSSR count). The van der Waals surface area contributed by atoms with Crippen LogP contribution in [0.4, 0.5) is 0 Å². The molecule has 1 atom stereocenters. The Labute approximate surface area is 121 Å². The number of ether oxygens (including phenoxy) is 1. The van der Waals surface area contributed by atoms with Crippen LogP contribution >= 0.6 is 0 Å². The first-order chi connectivity index (χ1) is 9.63. The number of aryl methyl sites for hydroxylation is 2. The molecule has 0 saturated carbocycles. The third-order valence-electron chi connectivity index (χ3n) is 3.45. The van der Waals surface area contributed by atoms with Crippen molar-refractivity contribution in [2.45, 2.75) is 33.2 Å². The summed E-state index contributed by atoms with van der Waals surface area (Å²) in [6, 6.07) is 12.5. The lowest BCUT2D eigenvalue weighted by atomic mass is 10.1. The van der Waals surface area contributed by atoms with E-state index in [1.165, 1.54) is 5.56 Å². The van der Waals surface area contributed by atoms with Gasteiger partial charge >= 0.3 is 0 Å². The minimum Gasteiger partial charge on any atom is -0.455 e. The van der Waals surface area contributed by atoms with Crippen molar-refractivity contribution in [2.75, 3.05) is 7.05 Å². The molecule has 0 amide bonds. The quantitative estimate of drug-likeness (QED) is 0.891. The number of hydrogen-bond acceptors (Lipinski definition) is 3. The number of hydrogen-bond donors (Lipinski definition) is 1. The Balaban J connectivity index is 2.18. The molecule has 2 aromatic rings. The molecule has 0 saturated heterocycles. The van der Waals surface area contributed by atoms with Crippen LogP contribution < -0.4 is 10.1 Å². The van der Waals surface area contributed by atoms with E-state index in [1.54, 1.807) is 0 Å². The molecule has 1 heterocycles. The van der Waals surface area contributed by atoms with E-state index < -0.39 is 0 Å². The standard InChI is InChI=1S/C17H22N2O/c1-5-16-17(11-6-12(2)19-16)20-15-9-7-14(8-10-15)13(3)18-4/h6-11,13,18H,5H2,1-4H3. The highest BCUT2D eigenvalue weighted by Crippen LogP contribution is 2.26. The largest absolute Gasteiger partial charge is 0.455 e. The summed E-state index contributed by atoms with van der Waals surface area (Å²) in [5.41, 5.74) is 3.27. The highest BCUT2D eigenvalue weighted by atomic mass is 16.5. The van der Waals surface area contributed by atoms with Gasteiger partial charge in [-0.15, -0.1) is 0 Å². The van der Waals surface area contributed by atoms with E-state index in [-0.39, 0.29) is 0 Å². The summed E-state index contributed by atoms with van der Waals surface area (Å²) in [6.45, 7) is 6.22. The molecule has 0 bridgehead atoms. The highest BCUT2D eigenvalue weighted by molar-refractivity contribution is 5.36. The van der Waals surface area contributed by atoms with Crippen LogP contribution in [0, 0.1) is 6.92 Å². The first-order valence-corrected chi connectivity index (χ1v) is 7.05. The van der Waals surface area contributed by atoms with Crippen molar-refractivity contribution >= 4 is 0 Å². The molecule has 0 aliphatic heterocycles. The van der Waals surface area contributed by atoms with Crippen LogP contribution in [-0.4, -0.2) is 12.0 Å². The lowest BCUT2D eigenvalue weighted by Crippen LogP contribution is -2.11. The van der Waals surface area contributed by atoms with Crippen LogP contribution in [0.3, 0.4) is 0 Å². The van der Waals surface area contributed by atoms with Crippen molar-refractivity contribution in [3.8, 4) is 11.5 Å². The van der Waals surface area contributed by atoms with Crippen molar-refractivity contribution in [2.24, 2.45) is 0 Å². The first kappa shape index (κ1) is 14.5. The van der Waals surface area contributed by atoms with E-state index in [1.807, 2.05) is 38.2 Å². The maximum absolute atomic E-state index is 5.94. The highest BCUT2D eigenvalue weighted by Gasteiger charge is 2.07. The minimum absolute atomic E-state index is 0.344. The van der Waals surface area contributed by atoms with Crippen LogP contribution in [0.25, 0.3) is 0 Å². The van der Waals surface area contributed by atoms with Gasteiger partial charge in [0.1, 0.15) is 11.5 Å². The summed E-state index contributed by atoms with van der Waals surface area (Å²) < 4.78 is 5.94. The Hall–Kier alpha value is -1.87. The maximum Gasteiger partial charge on any atom is 0.148 e. The molecule has 3 nitrogen and oxygen atoms in total. The van der Waals surface area contributed by atoms with E-state index in [0.29, 0.717) is 6.04 Å². The van der Waals surface area contributed by atoms with E-state index >= 15 is 0 Å². The molecule has 3 heteroatoms. The van der Waals surface area contributed by atoms with Gasteiger partial charge < -0.3 is 10.1 Å². The van der Waals surface area contributed by atoms with Gasteiger partial charge in [-0.1, -0.05) is 19.1 Å². The Kier molecular flexibility index (Phi) is 4.74. The summed E-state index contributed by atoms with van der Waals surface area (Å²) in [5, 5.41) is 3.22. The molecule has 1 aromatic heterocycles. The zero-order valence-electron chi connectivity index (χ0n) is 12.6. The van der Waals surface area contributed by atoms with Gasteiger partial charge in [0, 0.05) is 11.7 Å². The smallest absolute Gasteiger partial charge is 0.148 e. The second kappa shape index (κ2) is 6.53. The van der Waals surface area contributed by atoms with Crippen molar-refractivity contribution in [1.82, 2.24) is 10.3 Å². The molecule has 20 heavy (non-hydrogen) atoms. The number of nitrogens with one attached hydrogen (secondary N) is 1. The summed E-state index contributed by atoms with van der Waals surface area (Å²) in [4.78, 5) is 4.51. The second-order valence-corrected chi connectivity index (χ2v) is 4.93.